The Bertz CT molecular complexity index is 351. The molecule has 0 aromatic carbocycles. The second-order valence-electron chi connectivity index (χ2n) is 4.44. The van der Waals surface area contributed by atoms with Gasteiger partial charge < -0.3 is 14.7 Å². The number of thiazole rings is 1. The van der Waals surface area contributed by atoms with Gasteiger partial charge in [0.2, 0.25) is 0 Å². The van der Waals surface area contributed by atoms with Gasteiger partial charge in [0.05, 0.1) is 25.5 Å². The van der Waals surface area contributed by atoms with Crippen molar-refractivity contribution < 1.29 is 9.84 Å². The van der Waals surface area contributed by atoms with E-state index in [9.17, 15) is 0 Å². The van der Waals surface area contributed by atoms with Crippen LogP contribution in [-0.4, -0.2) is 67.5 Å². The van der Waals surface area contributed by atoms with Crippen molar-refractivity contribution >= 4 is 16.5 Å². The largest absolute Gasteiger partial charge is 0.394 e. The monoisotopic (exact) mass is 271 g/mol. The van der Waals surface area contributed by atoms with E-state index in [0.717, 1.165) is 43.5 Å². The van der Waals surface area contributed by atoms with Crippen molar-refractivity contribution in [2.24, 2.45) is 0 Å². The second kappa shape index (κ2) is 7.04. The Balaban J connectivity index is 1.68. The van der Waals surface area contributed by atoms with Gasteiger partial charge in [0.15, 0.2) is 5.13 Å². The average molecular weight is 271 g/mol. The first kappa shape index (κ1) is 13.7. The molecule has 1 aromatic heterocycles. The molecule has 2 rings (SSSR count). The molecule has 1 N–H and O–H groups in total. The van der Waals surface area contributed by atoms with Crippen LogP contribution in [0.15, 0.2) is 5.38 Å². The van der Waals surface area contributed by atoms with Crippen LogP contribution in [0.5, 0.6) is 0 Å². The maximum Gasteiger partial charge on any atom is 0.185 e. The fourth-order valence-electron chi connectivity index (χ4n) is 2.01. The third-order valence-electron chi connectivity index (χ3n) is 3.04. The molecule has 0 spiro atoms. The SMILES string of the molecule is Cc1csc(N2CCN(CCOCCO)CC2)n1. The molecule has 0 unspecified atom stereocenters. The van der Waals surface area contributed by atoms with Gasteiger partial charge in [-0.25, -0.2) is 4.98 Å². The number of aromatic nitrogens is 1. The number of nitrogens with zero attached hydrogens (tertiary/aromatic N) is 3. The number of hydrogen-bond donors (Lipinski definition) is 1. The summed E-state index contributed by atoms with van der Waals surface area (Å²) in [5.74, 6) is 0. The number of hydrogen-bond acceptors (Lipinski definition) is 6. The van der Waals surface area contributed by atoms with E-state index < -0.39 is 0 Å². The average Bonchev–Trinajstić information content (AvgIpc) is 2.82. The topological polar surface area (TPSA) is 48.8 Å². The van der Waals surface area contributed by atoms with Gasteiger partial charge in [0, 0.05) is 38.1 Å². The van der Waals surface area contributed by atoms with Crippen LogP contribution in [0.2, 0.25) is 0 Å². The summed E-state index contributed by atoms with van der Waals surface area (Å²) in [6, 6.07) is 0. The van der Waals surface area contributed by atoms with E-state index in [-0.39, 0.29) is 6.61 Å². The molecule has 1 aliphatic heterocycles. The number of rotatable bonds is 6. The van der Waals surface area contributed by atoms with Crippen molar-refractivity contribution in [1.29, 1.82) is 0 Å². The molecule has 1 saturated heterocycles. The molecule has 0 radical (unpaired) electrons. The van der Waals surface area contributed by atoms with E-state index in [2.05, 4.69) is 20.2 Å². The molecule has 2 heterocycles. The lowest BCUT2D eigenvalue weighted by atomic mass is 10.3. The van der Waals surface area contributed by atoms with Crippen molar-refractivity contribution in [1.82, 2.24) is 9.88 Å². The number of aliphatic hydroxyl groups excluding tert-OH is 1. The lowest BCUT2D eigenvalue weighted by Crippen LogP contribution is -2.47. The first-order chi connectivity index (χ1) is 8.79. The zero-order chi connectivity index (χ0) is 12.8. The van der Waals surface area contributed by atoms with Gasteiger partial charge in [-0.2, -0.15) is 0 Å². The Labute approximate surface area is 112 Å². The summed E-state index contributed by atoms with van der Waals surface area (Å²) in [4.78, 5) is 9.27. The first-order valence-electron chi connectivity index (χ1n) is 6.37. The molecule has 0 atom stereocenters. The van der Waals surface area contributed by atoms with Crippen LogP contribution in [-0.2, 0) is 4.74 Å². The number of ether oxygens (including phenoxy) is 1. The molecular weight excluding hydrogens is 250 g/mol. The lowest BCUT2D eigenvalue weighted by molar-refractivity contribution is 0.0724. The molecule has 1 aliphatic rings. The van der Waals surface area contributed by atoms with Crippen LogP contribution < -0.4 is 4.90 Å². The summed E-state index contributed by atoms with van der Waals surface area (Å²) < 4.78 is 5.28. The van der Waals surface area contributed by atoms with Gasteiger partial charge >= 0.3 is 0 Å². The minimum Gasteiger partial charge on any atom is -0.394 e. The zero-order valence-electron chi connectivity index (χ0n) is 10.8. The summed E-state index contributed by atoms with van der Waals surface area (Å²) in [6.45, 7) is 8.42. The Kier molecular flexibility index (Phi) is 5.37. The van der Waals surface area contributed by atoms with Crippen molar-refractivity contribution in [3.05, 3.63) is 11.1 Å². The van der Waals surface area contributed by atoms with E-state index in [4.69, 9.17) is 9.84 Å². The molecule has 6 heteroatoms. The molecule has 0 bridgehead atoms. The fourth-order valence-corrected chi connectivity index (χ4v) is 2.87. The third kappa shape index (κ3) is 3.91. The number of piperazine rings is 1. The van der Waals surface area contributed by atoms with Crippen LogP contribution in [0.4, 0.5) is 5.13 Å². The minimum atomic E-state index is 0.108. The summed E-state index contributed by atoms with van der Waals surface area (Å²) in [7, 11) is 0. The first-order valence-corrected chi connectivity index (χ1v) is 7.25. The summed E-state index contributed by atoms with van der Waals surface area (Å²) in [5, 5.41) is 11.9. The van der Waals surface area contributed by atoms with Gasteiger partial charge in [-0.05, 0) is 6.92 Å². The highest BCUT2D eigenvalue weighted by Gasteiger charge is 2.18. The maximum absolute atomic E-state index is 8.61. The Morgan fingerprint density at radius 2 is 2.11 bits per heavy atom. The van der Waals surface area contributed by atoms with Gasteiger partial charge in [-0.3, -0.25) is 4.90 Å². The van der Waals surface area contributed by atoms with E-state index in [1.54, 1.807) is 11.3 Å². The third-order valence-corrected chi connectivity index (χ3v) is 4.06. The molecule has 0 amide bonds. The van der Waals surface area contributed by atoms with Crippen molar-refractivity contribution in [3.63, 3.8) is 0 Å². The number of aliphatic hydroxyl groups is 1. The standard InChI is InChI=1S/C12H21N3O2S/c1-11-10-18-12(13-11)15-4-2-14(3-5-15)6-8-17-9-7-16/h10,16H,2-9H2,1H3. The summed E-state index contributed by atoms with van der Waals surface area (Å²) in [6.07, 6.45) is 0. The van der Waals surface area contributed by atoms with Gasteiger partial charge in [-0.1, -0.05) is 0 Å². The maximum atomic E-state index is 8.61. The Hall–Kier alpha value is -0.690. The molecule has 102 valence electrons. The van der Waals surface area contributed by atoms with E-state index >= 15 is 0 Å². The predicted molar refractivity (Wildman–Crippen MR) is 73.4 cm³/mol. The van der Waals surface area contributed by atoms with Crippen LogP contribution in [0.1, 0.15) is 5.69 Å². The highest BCUT2D eigenvalue weighted by Crippen LogP contribution is 2.21. The van der Waals surface area contributed by atoms with E-state index in [1.807, 2.05) is 6.92 Å². The normalized spacial score (nSPS) is 17.3. The molecule has 1 aromatic rings. The van der Waals surface area contributed by atoms with Crippen molar-refractivity contribution in [3.8, 4) is 0 Å². The van der Waals surface area contributed by atoms with Gasteiger partial charge in [0.25, 0.3) is 0 Å². The molecule has 1 fully saturated rings. The predicted octanol–water partition coefficient (Wildman–Crippen LogP) is 0.582. The van der Waals surface area contributed by atoms with Crippen molar-refractivity contribution in [2.75, 3.05) is 57.4 Å². The highest BCUT2D eigenvalue weighted by atomic mass is 32.1. The Morgan fingerprint density at radius 3 is 2.72 bits per heavy atom. The minimum absolute atomic E-state index is 0.108. The molecule has 18 heavy (non-hydrogen) atoms. The molecule has 5 nitrogen and oxygen atoms in total. The van der Waals surface area contributed by atoms with Crippen LogP contribution >= 0.6 is 11.3 Å². The lowest BCUT2D eigenvalue weighted by Gasteiger charge is -2.34. The molecular formula is C12H21N3O2S. The fraction of sp³-hybridized carbons (Fsp3) is 0.750. The molecule has 0 aliphatic carbocycles. The summed E-state index contributed by atoms with van der Waals surface area (Å²) in [5.41, 5.74) is 1.11. The Morgan fingerprint density at radius 1 is 1.33 bits per heavy atom. The number of anilines is 1. The van der Waals surface area contributed by atoms with E-state index in [1.165, 1.54) is 0 Å². The van der Waals surface area contributed by atoms with Crippen molar-refractivity contribution in [2.45, 2.75) is 6.92 Å². The molecule has 0 saturated carbocycles. The van der Waals surface area contributed by atoms with Gasteiger partial charge in [0.1, 0.15) is 0 Å². The number of aryl methyl sites for hydroxylation is 1. The van der Waals surface area contributed by atoms with Gasteiger partial charge in [-0.15, -0.1) is 11.3 Å². The zero-order valence-corrected chi connectivity index (χ0v) is 11.7. The van der Waals surface area contributed by atoms with E-state index in [0.29, 0.717) is 13.2 Å². The van der Waals surface area contributed by atoms with Crippen LogP contribution in [0, 0.1) is 6.92 Å². The summed E-state index contributed by atoms with van der Waals surface area (Å²) >= 11 is 1.73. The smallest absolute Gasteiger partial charge is 0.185 e. The second-order valence-corrected chi connectivity index (χ2v) is 5.27. The quantitative estimate of drug-likeness (QED) is 0.767. The van der Waals surface area contributed by atoms with Crippen LogP contribution in [0.25, 0.3) is 0 Å². The van der Waals surface area contributed by atoms with Crippen LogP contribution in [0.3, 0.4) is 0 Å². The highest BCUT2D eigenvalue weighted by molar-refractivity contribution is 7.13.